The molecule has 0 bridgehead atoms. The Bertz CT molecular complexity index is 454. The smallest absolute Gasteiger partial charge is 0.182 e. The Morgan fingerprint density at radius 3 is 2.44 bits per heavy atom. The van der Waals surface area contributed by atoms with Crippen LogP contribution in [0.2, 0.25) is 0 Å². The van der Waals surface area contributed by atoms with Gasteiger partial charge in [-0.2, -0.15) is 12.6 Å². The van der Waals surface area contributed by atoms with Crippen LogP contribution in [0.25, 0.3) is 0 Å². The maximum absolute atomic E-state index is 11.9. The van der Waals surface area contributed by atoms with Gasteiger partial charge >= 0.3 is 0 Å². The molecule has 1 aromatic carbocycles. The summed E-state index contributed by atoms with van der Waals surface area (Å²) in [6, 6.07) is 4.68. The third kappa shape index (κ3) is 2.82. The van der Waals surface area contributed by atoms with Crippen molar-refractivity contribution in [1.29, 1.82) is 0 Å². The van der Waals surface area contributed by atoms with Crippen molar-refractivity contribution in [3.63, 3.8) is 0 Å². The average molecular weight is 262 g/mol. The highest BCUT2D eigenvalue weighted by Gasteiger charge is 2.19. The Morgan fingerprint density at radius 1 is 1.25 bits per heavy atom. The fourth-order valence-electron chi connectivity index (χ4n) is 1.26. The molecule has 0 aliphatic heterocycles. The van der Waals surface area contributed by atoms with E-state index in [-0.39, 0.29) is 16.4 Å². The van der Waals surface area contributed by atoms with Crippen LogP contribution < -0.4 is 9.47 Å². The lowest BCUT2D eigenvalue weighted by atomic mass is 10.3. The molecule has 1 aromatic rings. The predicted molar refractivity (Wildman–Crippen MR) is 65.5 cm³/mol. The Balaban J connectivity index is 3.29. The Labute approximate surface area is 101 Å². The first kappa shape index (κ1) is 13.2. The topological polar surface area (TPSA) is 52.6 Å². The third-order valence-corrected chi connectivity index (χ3v) is 4.32. The first-order valence-corrected chi connectivity index (χ1v) is 6.89. The van der Waals surface area contributed by atoms with Gasteiger partial charge in [-0.05, 0) is 12.1 Å². The highest BCUT2D eigenvalue weighted by Crippen LogP contribution is 2.28. The first-order valence-electron chi connectivity index (χ1n) is 4.61. The lowest BCUT2D eigenvalue weighted by molar-refractivity contribution is 0.392. The Kier molecular flexibility index (Phi) is 4.49. The van der Waals surface area contributed by atoms with E-state index >= 15 is 0 Å². The number of thiol groups is 1. The summed E-state index contributed by atoms with van der Waals surface area (Å²) in [5.41, 5.74) is 0. The van der Waals surface area contributed by atoms with Crippen LogP contribution in [0.5, 0.6) is 11.5 Å². The fourth-order valence-corrected chi connectivity index (χ4v) is 3.19. The van der Waals surface area contributed by atoms with Gasteiger partial charge in [-0.1, -0.05) is 0 Å². The van der Waals surface area contributed by atoms with E-state index < -0.39 is 9.84 Å². The molecule has 0 atom stereocenters. The molecular weight excluding hydrogens is 248 g/mol. The van der Waals surface area contributed by atoms with Gasteiger partial charge in [-0.3, -0.25) is 0 Å². The van der Waals surface area contributed by atoms with Crippen molar-refractivity contribution in [1.82, 2.24) is 0 Å². The number of methoxy groups -OCH3 is 2. The van der Waals surface area contributed by atoms with Crippen LogP contribution in [0.3, 0.4) is 0 Å². The van der Waals surface area contributed by atoms with Crippen molar-refractivity contribution in [2.45, 2.75) is 4.90 Å². The minimum Gasteiger partial charge on any atom is -0.497 e. The second-order valence-corrected chi connectivity index (χ2v) is 5.58. The molecule has 4 nitrogen and oxygen atoms in total. The maximum Gasteiger partial charge on any atom is 0.182 e. The first-order chi connectivity index (χ1) is 7.55. The number of sulfone groups is 1. The van der Waals surface area contributed by atoms with Crippen molar-refractivity contribution in [3.05, 3.63) is 18.2 Å². The molecule has 0 amide bonds. The molecule has 0 spiro atoms. The quantitative estimate of drug-likeness (QED) is 0.815. The molecule has 90 valence electrons. The molecule has 0 aliphatic rings. The molecule has 1 rings (SSSR count). The van der Waals surface area contributed by atoms with Crippen molar-refractivity contribution in [2.75, 3.05) is 25.7 Å². The summed E-state index contributed by atoms with van der Waals surface area (Å²) in [4.78, 5) is 0.142. The van der Waals surface area contributed by atoms with Gasteiger partial charge in [-0.25, -0.2) is 8.42 Å². The fraction of sp³-hybridized carbons (Fsp3) is 0.400. The van der Waals surface area contributed by atoms with Gasteiger partial charge in [0, 0.05) is 11.8 Å². The van der Waals surface area contributed by atoms with Crippen molar-refractivity contribution >= 4 is 22.5 Å². The van der Waals surface area contributed by atoms with E-state index in [0.29, 0.717) is 11.5 Å². The van der Waals surface area contributed by atoms with Crippen molar-refractivity contribution in [3.8, 4) is 11.5 Å². The van der Waals surface area contributed by atoms with E-state index in [4.69, 9.17) is 9.47 Å². The van der Waals surface area contributed by atoms with E-state index in [1.54, 1.807) is 12.1 Å². The maximum atomic E-state index is 11.9. The zero-order valence-electron chi connectivity index (χ0n) is 9.13. The molecule has 0 aromatic heterocycles. The second kappa shape index (κ2) is 5.45. The Hall–Kier alpha value is -0.880. The Morgan fingerprint density at radius 2 is 1.94 bits per heavy atom. The summed E-state index contributed by atoms with van der Waals surface area (Å²) in [5.74, 6) is 1.05. The molecule has 0 aliphatic carbocycles. The summed E-state index contributed by atoms with van der Waals surface area (Å²) in [7, 11) is -0.452. The van der Waals surface area contributed by atoms with Crippen LogP contribution in [0.1, 0.15) is 0 Å². The van der Waals surface area contributed by atoms with Gasteiger partial charge in [0.15, 0.2) is 9.84 Å². The predicted octanol–water partition coefficient (Wildman–Crippen LogP) is 1.41. The van der Waals surface area contributed by atoms with E-state index in [1.807, 2.05) is 0 Å². The van der Waals surface area contributed by atoms with Crippen molar-refractivity contribution < 1.29 is 17.9 Å². The molecular formula is C10H14O4S2. The van der Waals surface area contributed by atoms with Gasteiger partial charge in [-0.15, -0.1) is 0 Å². The summed E-state index contributed by atoms with van der Waals surface area (Å²) < 4.78 is 33.8. The summed E-state index contributed by atoms with van der Waals surface area (Å²) >= 11 is 3.93. The molecule has 0 heterocycles. The minimum atomic E-state index is -3.37. The molecule has 0 saturated heterocycles. The number of rotatable bonds is 5. The van der Waals surface area contributed by atoms with E-state index in [0.717, 1.165) is 0 Å². The van der Waals surface area contributed by atoms with Crippen LogP contribution >= 0.6 is 12.6 Å². The lowest BCUT2D eigenvalue weighted by Crippen LogP contribution is -2.09. The van der Waals surface area contributed by atoms with Crippen LogP contribution in [-0.2, 0) is 9.84 Å². The molecule has 0 fully saturated rings. The summed E-state index contributed by atoms with van der Waals surface area (Å²) in [6.45, 7) is 0. The molecule has 0 radical (unpaired) electrons. The van der Waals surface area contributed by atoms with Crippen molar-refractivity contribution in [2.24, 2.45) is 0 Å². The third-order valence-electron chi connectivity index (χ3n) is 2.07. The van der Waals surface area contributed by atoms with E-state index in [1.165, 1.54) is 20.3 Å². The lowest BCUT2D eigenvalue weighted by Gasteiger charge is -2.10. The highest BCUT2D eigenvalue weighted by molar-refractivity contribution is 7.92. The molecule has 0 N–H and O–H groups in total. The molecule has 6 heteroatoms. The average Bonchev–Trinajstić information content (AvgIpc) is 2.28. The summed E-state index contributed by atoms with van der Waals surface area (Å²) in [5, 5.41) is 0. The van der Waals surface area contributed by atoms with Crippen LogP contribution in [0.15, 0.2) is 23.1 Å². The standard InChI is InChI=1S/C10H14O4S2/c1-13-8-3-4-9(14-2)10(7-8)16(11,12)6-5-15/h3-4,7,15H,5-6H2,1-2H3. The van der Waals surface area contributed by atoms with Gasteiger partial charge in [0.25, 0.3) is 0 Å². The van der Waals surface area contributed by atoms with E-state index in [2.05, 4.69) is 12.6 Å². The molecule has 0 saturated carbocycles. The number of hydrogen-bond donors (Lipinski definition) is 1. The summed E-state index contributed by atoms with van der Waals surface area (Å²) in [6.07, 6.45) is 0. The van der Waals surface area contributed by atoms with Gasteiger partial charge in [0.1, 0.15) is 16.4 Å². The normalized spacial score (nSPS) is 11.2. The van der Waals surface area contributed by atoms with Crippen LogP contribution in [-0.4, -0.2) is 34.1 Å². The highest BCUT2D eigenvalue weighted by atomic mass is 32.2. The monoisotopic (exact) mass is 262 g/mol. The van der Waals surface area contributed by atoms with Crippen LogP contribution in [0.4, 0.5) is 0 Å². The number of ether oxygens (including phenoxy) is 2. The zero-order valence-corrected chi connectivity index (χ0v) is 10.8. The largest absolute Gasteiger partial charge is 0.497 e. The van der Waals surface area contributed by atoms with Crippen LogP contribution in [0, 0.1) is 0 Å². The molecule has 16 heavy (non-hydrogen) atoms. The number of hydrogen-bond acceptors (Lipinski definition) is 5. The SMILES string of the molecule is COc1ccc(OC)c(S(=O)(=O)CCS)c1. The second-order valence-electron chi connectivity index (χ2n) is 3.06. The molecule has 0 unspecified atom stereocenters. The van der Waals surface area contributed by atoms with Gasteiger partial charge < -0.3 is 9.47 Å². The van der Waals surface area contributed by atoms with Gasteiger partial charge in [0.05, 0.1) is 20.0 Å². The zero-order chi connectivity index (χ0) is 12.2. The van der Waals surface area contributed by atoms with E-state index in [9.17, 15) is 8.42 Å². The van der Waals surface area contributed by atoms with Gasteiger partial charge in [0.2, 0.25) is 0 Å². The number of benzene rings is 1. The minimum absolute atomic E-state index is 0.0281.